The van der Waals surface area contributed by atoms with Crippen molar-refractivity contribution in [2.24, 2.45) is 0 Å². The first-order valence-corrected chi connectivity index (χ1v) is 5.78. The second kappa shape index (κ2) is 5.90. The molecular formula is C9H14O3P+. The van der Waals surface area contributed by atoms with Crippen LogP contribution in [0.2, 0.25) is 0 Å². The van der Waals surface area contributed by atoms with Crippen LogP contribution >= 0.6 is 8.03 Å². The molecule has 1 heterocycles. The van der Waals surface area contributed by atoms with Gasteiger partial charge in [-0.1, -0.05) is 13.3 Å². The fourth-order valence-corrected chi connectivity index (χ4v) is 1.79. The van der Waals surface area contributed by atoms with Gasteiger partial charge in [0.15, 0.2) is 0 Å². The van der Waals surface area contributed by atoms with Crippen molar-refractivity contribution in [3.63, 3.8) is 0 Å². The standard InChI is InChI=1S/C9H14O3P/c1-2-3-5-12-13(10)8-9-4-6-11-7-9/h4,6-7H,2-3,5,8H2,1H3/q+1. The predicted octanol–water partition coefficient (Wildman–Crippen LogP) is 3.34. The molecule has 13 heavy (non-hydrogen) atoms. The minimum atomic E-state index is -1.55. The van der Waals surface area contributed by atoms with Crippen LogP contribution in [0.1, 0.15) is 25.3 Å². The third-order valence-corrected chi connectivity index (χ3v) is 2.72. The molecule has 3 nitrogen and oxygen atoms in total. The fourth-order valence-electron chi connectivity index (χ4n) is 0.888. The summed E-state index contributed by atoms with van der Waals surface area (Å²) >= 11 is 0. The zero-order chi connectivity index (χ0) is 9.52. The van der Waals surface area contributed by atoms with Crippen LogP contribution in [0.5, 0.6) is 0 Å². The highest BCUT2D eigenvalue weighted by atomic mass is 31.1. The average Bonchev–Trinajstić information content (AvgIpc) is 2.57. The van der Waals surface area contributed by atoms with Gasteiger partial charge in [0.2, 0.25) is 6.16 Å². The normalized spacial score (nSPS) is 11.6. The van der Waals surface area contributed by atoms with Crippen LogP contribution in [-0.4, -0.2) is 6.61 Å². The van der Waals surface area contributed by atoms with Crippen molar-refractivity contribution in [2.75, 3.05) is 6.61 Å². The van der Waals surface area contributed by atoms with Gasteiger partial charge in [-0.25, -0.2) is 0 Å². The molecule has 0 spiro atoms. The third-order valence-electron chi connectivity index (χ3n) is 1.62. The molecule has 0 saturated heterocycles. The number of hydrogen-bond acceptors (Lipinski definition) is 3. The molecule has 1 unspecified atom stereocenters. The lowest BCUT2D eigenvalue weighted by Crippen LogP contribution is -1.86. The Kier molecular flexibility index (Phi) is 4.73. The van der Waals surface area contributed by atoms with Crippen molar-refractivity contribution in [2.45, 2.75) is 25.9 Å². The molecule has 72 valence electrons. The summed E-state index contributed by atoms with van der Waals surface area (Å²) in [6.45, 7) is 2.66. The molecule has 1 atom stereocenters. The molecule has 0 saturated carbocycles. The Bertz CT molecular complexity index is 243. The molecule has 1 rings (SSSR count). The third kappa shape index (κ3) is 4.20. The summed E-state index contributed by atoms with van der Waals surface area (Å²) in [4.78, 5) is 0. The monoisotopic (exact) mass is 201 g/mol. The maximum atomic E-state index is 11.3. The van der Waals surface area contributed by atoms with Gasteiger partial charge in [-0.3, -0.25) is 0 Å². The fraction of sp³-hybridized carbons (Fsp3) is 0.556. The highest BCUT2D eigenvalue weighted by Crippen LogP contribution is 2.28. The van der Waals surface area contributed by atoms with Gasteiger partial charge in [0, 0.05) is 5.56 Å². The molecule has 0 aliphatic heterocycles. The van der Waals surface area contributed by atoms with Gasteiger partial charge in [-0.2, -0.15) is 0 Å². The number of furan rings is 1. The van der Waals surface area contributed by atoms with Gasteiger partial charge in [-0.05, 0) is 17.1 Å². The van der Waals surface area contributed by atoms with Crippen LogP contribution < -0.4 is 0 Å². The smallest absolute Gasteiger partial charge is 0.472 e. The number of unbranched alkanes of at least 4 members (excludes halogenated alkanes) is 1. The van der Waals surface area contributed by atoms with Crippen LogP contribution in [-0.2, 0) is 15.3 Å². The SMILES string of the molecule is CCCCO[P+](=O)Cc1ccoc1. The summed E-state index contributed by atoms with van der Waals surface area (Å²) < 4.78 is 21.2. The second-order valence-corrected chi connectivity index (χ2v) is 4.05. The van der Waals surface area contributed by atoms with E-state index in [9.17, 15) is 4.57 Å². The molecule has 1 aromatic rings. The molecule has 0 aromatic carbocycles. The van der Waals surface area contributed by atoms with Crippen LogP contribution in [0.4, 0.5) is 0 Å². The van der Waals surface area contributed by atoms with Crippen molar-refractivity contribution in [3.8, 4) is 0 Å². The summed E-state index contributed by atoms with van der Waals surface area (Å²) in [5, 5.41) is 0. The van der Waals surface area contributed by atoms with Crippen LogP contribution in [0.15, 0.2) is 23.0 Å². The number of rotatable bonds is 6. The lowest BCUT2D eigenvalue weighted by atomic mass is 10.4. The van der Waals surface area contributed by atoms with E-state index in [1.54, 1.807) is 18.6 Å². The summed E-state index contributed by atoms with van der Waals surface area (Å²) in [5.74, 6) is 0. The first-order valence-electron chi connectivity index (χ1n) is 4.41. The zero-order valence-electron chi connectivity index (χ0n) is 7.73. The molecule has 0 aliphatic carbocycles. The molecule has 4 heteroatoms. The van der Waals surface area contributed by atoms with Crippen molar-refractivity contribution < 1.29 is 13.5 Å². The van der Waals surface area contributed by atoms with E-state index in [4.69, 9.17) is 8.94 Å². The molecule has 0 bridgehead atoms. The van der Waals surface area contributed by atoms with Crippen LogP contribution in [0, 0.1) is 0 Å². The molecule has 0 amide bonds. The first-order chi connectivity index (χ1) is 6.33. The lowest BCUT2D eigenvalue weighted by Gasteiger charge is -1.88. The Labute approximate surface area is 79.0 Å². The summed E-state index contributed by atoms with van der Waals surface area (Å²) in [6, 6.07) is 1.80. The van der Waals surface area contributed by atoms with E-state index >= 15 is 0 Å². The van der Waals surface area contributed by atoms with E-state index in [2.05, 4.69) is 6.92 Å². The summed E-state index contributed by atoms with van der Waals surface area (Å²) in [6.07, 6.45) is 5.65. The van der Waals surface area contributed by atoms with E-state index in [0.29, 0.717) is 12.8 Å². The van der Waals surface area contributed by atoms with E-state index in [-0.39, 0.29) is 0 Å². The zero-order valence-corrected chi connectivity index (χ0v) is 8.63. The summed E-state index contributed by atoms with van der Waals surface area (Å²) in [7, 11) is -1.55. The maximum absolute atomic E-state index is 11.3. The first kappa shape index (κ1) is 10.4. The Morgan fingerprint density at radius 2 is 2.46 bits per heavy atom. The highest BCUT2D eigenvalue weighted by Gasteiger charge is 2.18. The van der Waals surface area contributed by atoms with Gasteiger partial charge in [0.1, 0.15) is 6.61 Å². The van der Waals surface area contributed by atoms with Gasteiger partial charge >= 0.3 is 8.03 Å². The molecule has 0 N–H and O–H groups in total. The van der Waals surface area contributed by atoms with Gasteiger partial charge < -0.3 is 4.42 Å². The van der Waals surface area contributed by atoms with E-state index in [1.807, 2.05) is 0 Å². The Morgan fingerprint density at radius 3 is 3.08 bits per heavy atom. The molecule has 0 radical (unpaired) electrons. The van der Waals surface area contributed by atoms with Crippen molar-refractivity contribution in [1.29, 1.82) is 0 Å². The minimum Gasteiger partial charge on any atom is -0.472 e. The average molecular weight is 201 g/mol. The van der Waals surface area contributed by atoms with Crippen LogP contribution in [0.25, 0.3) is 0 Å². The van der Waals surface area contributed by atoms with E-state index in [1.165, 1.54) is 0 Å². The van der Waals surface area contributed by atoms with E-state index in [0.717, 1.165) is 18.4 Å². The minimum absolute atomic E-state index is 0.454. The molecular weight excluding hydrogens is 187 g/mol. The molecule has 0 aliphatic rings. The van der Waals surface area contributed by atoms with Gasteiger partial charge in [0.05, 0.1) is 12.5 Å². The molecule has 0 fully saturated rings. The van der Waals surface area contributed by atoms with E-state index < -0.39 is 8.03 Å². The van der Waals surface area contributed by atoms with Crippen molar-refractivity contribution >= 4 is 8.03 Å². The topological polar surface area (TPSA) is 39.4 Å². The lowest BCUT2D eigenvalue weighted by molar-refractivity contribution is 0.320. The Hall–Kier alpha value is -0.660. The Balaban J connectivity index is 2.18. The Morgan fingerprint density at radius 1 is 1.62 bits per heavy atom. The number of hydrogen-bond donors (Lipinski definition) is 0. The van der Waals surface area contributed by atoms with Crippen molar-refractivity contribution in [3.05, 3.63) is 24.2 Å². The second-order valence-electron chi connectivity index (χ2n) is 2.81. The predicted molar refractivity (Wildman–Crippen MR) is 50.9 cm³/mol. The quantitative estimate of drug-likeness (QED) is 0.523. The molecule has 1 aromatic heterocycles. The summed E-state index contributed by atoms with van der Waals surface area (Å²) in [5.41, 5.74) is 0.928. The highest BCUT2D eigenvalue weighted by molar-refractivity contribution is 7.38. The van der Waals surface area contributed by atoms with Crippen LogP contribution in [0.3, 0.4) is 0 Å². The maximum Gasteiger partial charge on any atom is 0.513 e. The largest absolute Gasteiger partial charge is 0.513 e. The van der Waals surface area contributed by atoms with Gasteiger partial charge in [0.25, 0.3) is 0 Å². The van der Waals surface area contributed by atoms with Gasteiger partial charge in [-0.15, -0.1) is 4.52 Å². The van der Waals surface area contributed by atoms with Crippen molar-refractivity contribution in [1.82, 2.24) is 0 Å².